The van der Waals surface area contributed by atoms with Crippen molar-refractivity contribution in [2.24, 2.45) is 34.4 Å². The fourth-order valence-electron chi connectivity index (χ4n) is 8.48. The van der Waals surface area contributed by atoms with Crippen LogP contribution in [0.5, 0.6) is 0 Å². The van der Waals surface area contributed by atoms with Crippen LogP contribution in [0.1, 0.15) is 111 Å². The lowest BCUT2D eigenvalue weighted by Crippen LogP contribution is -2.57. The molecule has 0 unspecified atom stereocenters. The summed E-state index contributed by atoms with van der Waals surface area (Å²) in [5.74, 6) is -4.27. The molecule has 3 aromatic carbocycles. The number of hydrogen-bond acceptors (Lipinski definition) is 15. The van der Waals surface area contributed by atoms with Gasteiger partial charge in [-0.1, -0.05) is 36.4 Å². The highest BCUT2D eigenvalue weighted by atomic mass is 16.2. The third kappa shape index (κ3) is 13.4. The number of pyridine rings is 3. The monoisotopic (exact) mass is 989 g/mol. The van der Waals surface area contributed by atoms with Gasteiger partial charge in [0.25, 0.3) is 17.7 Å². The van der Waals surface area contributed by atoms with Crippen molar-refractivity contribution < 1.29 is 28.8 Å². The van der Waals surface area contributed by atoms with Gasteiger partial charge in [-0.2, -0.15) is 0 Å². The molecule has 3 atom stereocenters. The molecule has 0 bridgehead atoms. The van der Waals surface area contributed by atoms with Gasteiger partial charge in [0, 0.05) is 76.9 Å². The molecule has 0 fully saturated rings. The molecule has 3 aromatic heterocycles. The van der Waals surface area contributed by atoms with Crippen LogP contribution < -0.4 is 50.4 Å². The highest BCUT2D eigenvalue weighted by Gasteiger charge is 2.44. The minimum absolute atomic E-state index is 0.0551. The Kier molecular flexibility index (Phi) is 19.2. The molecule has 0 spiro atoms. The van der Waals surface area contributed by atoms with E-state index in [9.17, 15) is 28.8 Å². The number of nitrogens with one attached hydrogen (secondary N) is 3. The van der Waals surface area contributed by atoms with Gasteiger partial charge in [0.1, 0.15) is 0 Å². The van der Waals surface area contributed by atoms with Crippen LogP contribution in [0, 0.1) is 0 Å². The minimum atomic E-state index is -1.91. The van der Waals surface area contributed by atoms with E-state index in [1.807, 2.05) is 36.4 Å². The van der Waals surface area contributed by atoms with Crippen LogP contribution in [-0.2, 0) is 14.4 Å². The number of carbonyl (C=O) groups excluding carboxylic acids is 6. The zero-order chi connectivity index (χ0) is 52.4. The van der Waals surface area contributed by atoms with Gasteiger partial charge in [0.2, 0.25) is 0 Å². The Morgan fingerprint density at radius 2 is 0.658 bits per heavy atom. The maximum atomic E-state index is 14.0. The Balaban J connectivity index is 1.31. The molecule has 0 saturated heterocycles. The molecule has 6 aromatic rings. The number of hydrogen-bond donors (Lipinski definition) is 9. The molecule has 0 aliphatic rings. The number of benzene rings is 3. The quantitative estimate of drug-likeness (QED) is 0.0142. The van der Waals surface area contributed by atoms with E-state index >= 15 is 0 Å². The first kappa shape index (κ1) is 54.6. The van der Waals surface area contributed by atoms with Crippen molar-refractivity contribution in [3.05, 3.63) is 180 Å². The Hall–Kier alpha value is -7.71. The molecular formula is C55H64N12O6. The summed E-state index contributed by atoms with van der Waals surface area (Å²) in [6.45, 7) is 1.10. The Morgan fingerprint density at radius 3 is 0.877 bits per heavy atom. The molecule has 6 rings (SSSR count). The Morgan fingerprint density at radius 1 is 0.397 bits per heavy atom. The predicted molar refractivity (Wildman–Crippen MR) is 281 cm³/mol. The molecule has 380 valence electrons. The second-order valence-electron chi connectivity index (χ2n) is 18.0. The minimum Gasteiger partial charge on any atom is -0.330 e. The van der Waals surface area contributed by atoms with Crippen molar-refractivity contribution in [1.29, 1.82) is 0 Å². The van der Waals surface area contributed by atoms with Crippen LogP contribution in [0.2, 0.25) is 0 Å². The summed E-state index contributed by atoms with van der Waals surface area (Å²) in [5.41, 5.74) is 35.5. The zero-order valence-corrected chi connectivity index (χ0v) is 40.7. The van der Waals surface area contributed by atoms with E-state index in [1.54, 1.807) is 72.8 Å². The summed E-state index contributed by atoms with van der Waals surface area (Å²) in [6.07, 6.45) is 11.9. The fraction of sp³-hybridized carbons (Fsp3) is 0.291. The standard InChI is InChI=1S/C55H64N12O6/c56-28-4-1-25-53(59,47(68)40-10-7-31-62-34-40)50(71)65-43-19-13-37(14-20-43)46(38-15-21-44(22-16-38)66-51(72)54(60,26-2-5-29-57)48(69)41-11-8-32-63-35-41)39-17-23-45(24-18-39)67-52(73)55(61,27-3-6-30-58)49(70)42-12-9-33-64-36-42/h7-24,31-36,46H,1-6,25-30,56-61H2,(H,65,71)(H,66,72)(H,67,73)/t53-,54-,55-/m1/s1. The fourth-order valence-corrected chi connectivity index (χ4v) is 8.48. The molecule has 0 saturated carbocycles. The average molecular weight is 989 g/mol. The molecule has 3 amide bonds. The summed E-state index contributed by atoms with van der Waals surface area (Å²) < 4.78 is 0. The molecule has 3 heterocycles. The van der Waals surface area contributed by atoms with E-state index in [0.717, 1.165) is 16.7 Å². The van der Waals surface area contributed by atoms with Crippen molar-refractivity contribution >= 4 is 52.1 Å². The lowest BCUT2D eigenvalue weighted by molar-refractivity contribution is -0.120. The number of nitrogens with zero attached hydrogens (tertiary/aromatic N) is 3. The van der Waals surface area contributed by atoms with Crippen LogP contribution in [0.4, 0.5) is 17.1 Å². The number of aromatic nitrogens is 3. The zero-order valence-electron chi connectivity index (χ0n) is 40.7. The molecule has 73 heavy (non-hydrogen) atoms. The Bertz CT molecular complexity index is 2500. The van der Waals surface area contributed by atoms with Gasteiger partial charge in [-0.05, 0) is 167 Å². The van der Waals surface area contributed by atoms with Gasteiger partial charge < -0.3 is 50.4 Å². The molecule has 18 heteroatoms. The van der Waals surface area contributed by atoms with Gasteiger partial charge in [-0.15, -0.1) is 0 Å². The maximum absolute atomic E-state index is 14.0. The summed E-state index contributed by atoms with van der Waals surface area (Å²) in [7, 11) is 0. The number of rotatable bonds is 27. The van der Waals surface area contributed by atoms with E-state index in [2.05, 4.69) is 30.9 Å². The summed E-state index contributed by atoms with van der Waals surface area (Å²) in [5, 5.41) is 8.54. The largest absolute Gasteiger partial charge is 0.330 e. The number of unbranched alkanes of at least 4 members (excludes halogenated alkanes) is 3. The van der Waals surface area contributed by atoms with Crippen molar-refractivity contribution in [1.82, 2.24) is 15.0 Å². The summed E-state index contributed by atoms with van der Waals surface area (Å²) in [4.78, 5) is 95.2. The predicted octanol–water partition coefficient (Wildman–Crippen LogP) is 5.00. The normalized spacial score (nSPS) is 13.7. The van der Waals surface area contributed by atoms with E-state index in [0.29, 0.717) is 75.2 Å². The number of carbonyl (C=O) groups is 6. The molecule has 0 aliphatic carbocycles. The number of nitrogens with two attached hydrogens (primary N) is 6. The van der Waals surface area contributed by atoms with Crippen LogP contribution in [-0.4, -0.2) is 86.3 Å². The molecular weight excluding hydrogens is 925 g/mol. The third-order valence-electron chi connectivity index (χ3n) is 12.8. The molecule has 0 aliphatic heterocycles. The van der Waals surface area contributed by atoms with Crippen LogP contribution >= 0.6 is 0 Å². The second kappa shape index (κ2) is 25.6. The first-order chi connectivity index (χ1) is 35.2. The topological polar surface area (TPSA) is 333 Å². The van der Waals surface area contributed by atoms with Crippen molar-refractivity contribution in [2.45, 2.75) is 80.3 Å². The van der Waals surface area contributed by atoms with Gasteiger partial charge in [-0.25, -0.2) is 0 Å². The number of ketones is 3. The molecule has 0 radical (unpaired) electrons. The lowest BCUT2D eigenvalue weighted by Gasteiger charge is -2.27. The van der Waals surface area contributed by atoms with Crippen LogP contribution in [0.25, 0.3) is 0 Å². The highest BCUT2D eigenvalue weighted by Crippen LogP contribution is 2.35. The number of Topliss-reactive ketones (excluding diaryl/α,β-unsaturated/α-hetero) is 3. The average Bonchev–Trinajstić information content (AvgIpc) is 3.42. The number of anilines is 3. The van der Waals surface area contributed by atoms with E-state index in [4.69, 9.17) is 34.4 Å². The van der Waals surface area contributed by atoms with E-state index < -0.39 is 57.6 Å². The van der Waals surface area contributed by atoms with Crippen LogP contribution in [0.15, 0.2) is 146 Å². The SMILES string of the molecule is NCCCC[C@](N)(C(=O)Nc1ccc(C(c2ccc(NC(=O)[C@@](N)(CCCCN)C(=O)c3cccnc3)cc2)c2ccc(NC(=O)[C@@](N)(CCCCN)C(=O)c3cccnc3)cc2)cc1)C(=O)c1cccnc1. The van der Waals surface area contributed by atoms with Crippen molar-refractivity contribution in [3.63, 3.8) is 0 Å². The summed E-state index contributed by atoms with van der Waals surface area (Å²) >= 11 is 0. The second-order valence-corrected chi connectivity index (χ2v) is 18.0. The highest BCUT2D eigenvalue weighted by molar-refractivity contribution is 6.22. The van der Waals surface area contributed by atoms with Crippen molar-refractivity contribution in [2.75, 3.05) is 35.6 Å². The van der Waals surface area contributed by atoms with Gasteiger partial charge >= 0.3 is 0 Å². The van der Waals surface area contributed by atoms with E-state index in [-0.39, 0.29) is 36.0 Å². The van der Waals surface area contributed by atoms with Gasteiger partial charge in [0.05, 0.1) is 0 Å². The summed E-state index contributed by atoms with van der Waals surface area (Å²) in [6, 6.07) is 30.6. The third-order valence-corrected chi connectivity index (χ3v) is 12.8. The lowest BCUT2D eigenvalue weighted by atomic mass is 9.84. The molecule has 18 nitrogen and oxygen atoms in total. The first-order valence-corrected chi connectivity index (χ1v) is 24.2. The Labute approximate surface area is 424 Å². The van der Waals surface area contributed by atoms with E-state index in [1.165, 1.54) is 37.2 Å². The van der Waals surface area contributed by atoms with Gasteiger partial charge in [0.15, 0.2) is 34.0 Å². The smallest absolute Gasteiger partial charge is 0.252 e. The number of amides is 3. The first-order valence-electron chi connectivity index (χ1n) is 24.2. The van der Waals surface area contributed by atoms with Crippen molar-refractivity contribution in [3.8, 4) is 0 Å². The van der Waals surface area contributed by atoms with Gasteiger partial charge in [-0.3, -0.25) is 43.7 Å². The maximum Gasteiger partial charge on any atom is 0.252 e. The van der Waals surface area contributed by atoms with Crippen LogP contribution in [0.3, 0.4) is 0 Å². The molecule has 15 N–H and O–H groups in total.